The lowest BCUT2D eigenvalue weighted by Gasteiger charge is -2.10. The number of pyridine rings is 1. The van der Waals surface area contributed by atoms with E-state index in [1.807, 2.05) is 24.3 Å². The number of halogens is 1. The predicted molar refractivity (Wildman–Crippen MR) is 93.1 cm³/mol. The maximum Gasteiger partial charge on any atom is 0.255 e. The topological polar surface area (TPSA) is 85.8 Å². The molecule has 1 amide bonds. The molecule has 3 aromatic rings. The van der Waals surface area contributed by atoms with Crippen LogP contribution in [-0.4, -0.2) is 27.2 Å². The van der Waals surface area contributed by atoms with Gasteiger partial charge in [0, 0.05) is 11.6 Å². The zero-order valence-electron chi connectivity index (χ0n) is 12.9. The fourth-order valence-corrected chi connectivity index (χ4v) is 3.15. The number of carbonyl (C=O) groups excluding carboxylic acids is 1. The summed E-state index contributed by atoms with van der Waals surface area (Å²) < 4.78 is 1.80. The summed E-state index contributed by atoms with van der Waals surface area (Å²) in [4.78, 5) is 16.9. The van der Waals surface area contributed by atoms with Crippen LogP contribution in [0.3, 0.4) is 0 Å². The highest BCUT2D eigenvalue weighted by molar-refractivity contribution is 6.30. The fraction of sp³-hybridized carbons (Fsp3) is 0.235. The average Bonchev–Trinajstić information content (AvgIpc) is 2.86. The van der Waals surface area contributed by atoms with Gasteiger partial charge in [-0.2, -0.15) is 5.10 Å². The summed E-state index contributed by atoms with van der Waals surface area (Å²) in [5, 5.41) is 8.67. The van der Waals surface area contributed by atoms with Gasteiger partial charge in [0.2, 0.25) is 0 Å². The van der Waals surface area contributed by atoms with E-state index in [2.05, 4.69) is 10.4 Å². The van der Waals surface area contributed by atoms with Crippen molar-refractivity contribution in [3.63, 3.8) is 0 Å². The van der Waals surface area contributed by atoms with Gasteiger partial charge < -0.3 is 11.1 Å². The smallest absolute Gasteiger partial charge is 0.255 e. The molecule has 7 heteroatoms. The first-order valence-corrected chi connectivity index (χ1v) is 8.18. The van der Waals surface area contributed by atoms with Crippen molar-refractivity contribution in [1.29, 1.82) is 0 Å². The summed E-state index contributed by atoms with van der Waals surface area (Å²) in [5.41, 5.74) is 9.72. The van der Waals surface area contributed by atoms with Gasteiger partial charge >= 0.3 is 0 Å². The van der Waals surface area contributed by atoms with Gasteiger partial charge in [0.15, 0.2) is 5.65 Å². The third kappa shape index (κ3) is 2.49. The van der Waals surface area contributed by atoms with Crippen LogP contribution in [0.5, 0.6) is 0 Å². The van der Waals surface area contributed by atoms with E-state index in [9.17, 15) is 4.79 Å². The number of nitrogens with one attached hydrogen (secondary N) is 1. The number of anilines is 1. The molecule has 1 aliphatic rings. The van der Waals surface area contributed by atoms with E-state index < -0.39 is 0 Å². The molecule has 1 aromatic carbocycles. The number of benzene rings is 1. The number of nitrogens with two attached hydrogens (primary N) is 1. The number of hydrogen-bond acceptors (Lipinski definition) is 4. The highest BCUT2D eigenvalue weighted by atomic mass is 35.5. The quantitative estimate of drug-likeness (QED) is 0.749. The first-order chi connectivity index (χ1) is 11.6. The Bertz CT molecular complexity index is 932. The summed E-state index contributed by atoms with van der Waals surface area (Å²) >= 11 is 5.93. The number of fused-ring (bicyclic) bond motifs is 2. The Labute approximate surface area is 143 Å². The lowest BCUT2D eigenvalue weighted by atomic mass is 10.1. The number of rotatable bonds is 2. The molecule has 24 heavy (non-hydrogen) atoms. The lowest BCUT2D eigenvalue weighted by Crippen LogP contribution is -2.24. The van der Waals surface area contributed by atoms with Crippen LogP contribution in [0.2, 0.25) is 5.02 Å². The van der Waals surface area contributed by atoms with Gasteiger partial charge in [-0.1, -0.05) is 23.7 Å². The molecule has 0 fully saturated rings. The normalized spacial score (nSPS) is 14.3. The molecule has 1 aliphatic heterocycles. The Morgan fingerprint density at radius 3 is 2.88 bits per heavy atom. The van der Waals surface area contributed by atoms with Crippen molar-refractivity contribution in [2.45, 2.75) is 19.4 Å². The van der Waals surface area contributed by atoms with Gasteiger partial charge in [-0.05, 0) is 30.5 Å². The number of aromatic nitrogens is 3. The third-order valence-electron chi connectivity index (χ3n) is 4.25. The minimum Gasteiger partial charge on any atom is -0.397 e. The van der Waals surface area contributed by atoms with Crippen LogP contribution in [0.4, 0.5) is 5.69 Å². The number of carbonyl (C=O) groups is 1. The Morgan fingerprint density at radius 2 is 2.08 bits per heavy atom. The molecule has 0 radical (unpaired) electrons. The summed E-state index contributed by atoms with van der Waals surface area (Å²) in [5.74, 6) is -0.153. The van der Waals surface area contributed by atoms with Crippen molar-refractivity contribution in [1.82, 2.24) is 20.1 Å². The van der Waals surface area contributed by atoms with Crippen LogP contribution in [0.1, 0.15) is 28.0 Å². The second kappa shape index (κ2) is 5.79. The second-order valence-electron chi connectivity index (χ2n) is 5.87. The first kappa shape index (κ1) is 15.0. The van der Waals surface area contributed by atoms with Crippen molar-refractivity contribution >= 4 is 34.2 Å². The Hall–Kier alpha value is -2.60. The molecule has 0 saturated carbocycles. The Kier molecular flexibility index (Phi) is 3.61. The number of nitrogens with zero attached hydrogens (tertiary/aromatic N) is 3. The zero-order chi connectivity index (χ0) is 16.7. The van der Waals surface area contributed by atoms with Gasteiger partial charge in [-0.15, -0.1) is 0 Å². The van der Waals surface area contributed by atoms with E-state index in [1.54, 1.807) is 10.9 Å². The molecule has 0 saturated heterocycles. The standard InChI is InChI=1S/C17H16ClN5O/c18-11-5-3-10(4-6-11)9-23-16-12(8-21-23)15(19)14-13(22-16)2-1-7-20-17(14)24/h3-6,8H,1-2,7,9H2,(H2,19,22)(H,20,24). The molecule has 6 nitrogen and oxygen atoms in total. The molecule has 0 atom stereocenters. The number of amides is 1. The zero-order valence-corrected chi connectivity index (χ0v) is 13.7. The second-order valence-corrected chi connectivity index (χ2v) is 6.31. The maximum atomic E-state index is 12.2. The Morgan fingerprint density at radius 1 is 1.29 bits per heavy atom. The minimum atomic E-state index is -0.153. The minimum absolute atomic E-state index is 0.153. The van der Waals surface area contributed by atoms with Gasteiger partial charge in [0.1, 0.15) is 0 Å². The molecule has 0 spiro atoms. The fourth-order valence-electron chi connectivity index (χ4n) is 3.02. The first-order valence-electron chi connectivity index (χ1n) is 7.80. The lowest BCUT2D eigenvalue weighted by molar-refractivity contribution is 0.0957. The molecular formula is C17H16ClN5O. The summed E-state index contributed by atoms with van der Waals surface area (Å²) in [7, 11) is 0. The van der Waals surface area contributed by atoms with Crippen LogP contribution < -0.4 is 11.1 Å². The molecule has 3 heterocycles. The summed E-state index contributed by atoms with van der Waals surface area (Å²) in [6.45, 7) is 1.21. The molecule has 4 rings (SSSR count). The van der Waals surface area contributed by atoms with Crippen LogP contribution >= 0.6 is 11.6 Å². The average molecular weight is 342 g/mol. The van der Waals surface area contributed by atoms with Gasteiger partial charge in [-0.25, -0.2) is 9.67 Å². The molecular weight excluding hydrogens is 326 g/mol. The predicted octanol–water partition coefficient (Wildman–Crippen LogP) is 2.39. The highest BCUT2D eigenvalue weighted by Crippen LogP contribution is 2.28. The van der Waals surface area contributed by atoms with E-state index in [-0.39, 0.29) is 5.91 Å². The van der Waals surface area contributed by atoms with Gasteiger partial charge in [0.25, 0.3) is 5.91 Å². The molecule has 0 bridgehead atoms. The third-order valence-corrected chi connectivity index (χ3v) is 4.50. The molecule has 2 aromatic heterocycles. The van der Waals surface area contributed by atoms with Crippen molar-refractivity contribution in [3.05, 3.63) is 52.3 Å². The summed E-state index contributed by atoms with van der Waals surface area (Å²) in [6, 6.07) is 7.60. The van der Waals surface area contributed by atoms with E-state index >= 15 is 0 Å². The van der Waals surface area contributed by atoms with Crippen molar-refractivity contribution in [2.75, 3.05) is 12.3 Å². The van der Waals surface area contributed by atoms with Crippen LogP contribution in [-0.2, 0) is 13.0 Å². The van der Waals surface area contributed by atoms with Crippen LogP contribution in [0.25, 0.3) is 11.0 Å². The van der Waals surface area contributed by atoms with E-state index in [1.165, 1.54) is 0 Å². The monoisotopic (exact) mass is 341 g/mol. The van der Waals surface area contributed by atoms with Crippen LogP contribution in [0.15, 0.2) is 30.5 Å². The SMILES string of the molecule is Nc1c2c(nc3c1cnn3Cc1ccc(Cl)cc1)CCCNC2=O. The van der Waals surface area contributed by atoms with Crippen LogP contribution in [0, 0.1) is 0 Å². The van der Waals surface area contributed by atoms with Crippen molar-refractivity contribution < 1.29 is 4.79 Å². The maximum absolute atomic E-state index is 12.2. The highest BCUT2D eigenvalue weighted by Gasteiger charge is 2.23. The van der Waals surface area contributed by atoms with E-state index in [4.69, 9.17) is 22.3 Å². The van der Waals surface area contributed by atoms with Gasteiger partial charge in [0.05, 0.1) is 35.1 Å². The summed E-state index contributed by atoms with van der Waals surface area (Å²) in [6.07, 6.45) is 3.24. The van der Waals surface area contributed by atoms with Crippen molar-refractivity contribution in [2.24, 2.45) is 0 Å². The number of hydrogen-bond donors (Lipinski definition) is 2. The van der Waals surface area contributed by atoms with Crippen molar-refractivity contribution in [3.8, 4) is 0 Å². The van der Waals surface area contributed by atoms with Gasteiger partial charge in [-0.3, -0.25) is 4.79 Å². The molecule has 0 aliphatic carbocycles. The number of aryl methyl sites for hydroxylation is 1. The Balaban J connectivity index is 1.81. The molecule has 122 valence electrons. The van der Waals surface area contributed by atoms with E-state index in [0.717, 1.165) is 24.1 Å². The largest absolute Gasteiger partial charge is 0.397 e. The number of nitrogen functional groups attached to an aromatic ring is 1. The van der Waals surface area contributed by atoms with E-state index in [0.29, 0.717) is 40.4 Å². The molecule has 0 unspecified atom stereocenters. The molecule has 3 N–H and O–H groups in total.